The van der Waals surface area contributed by atoms with Crippen LogP contribution in [0.4, 0.5) is 19.0 Å². The lowest BCUT2D eigenvalue weighted by atomic mass is 9.96. The Bertz CT molecular complexity index is 426. The number of pyridine rings is 1. The Balaban J connectivity index is 2.03. The minimum atomic E-state index is -4.05. The second kappa shape index (κ2) is 5.22. The first-order valence-electron chi connectivity index (χ1n) is 5.83. The molecule has 0 saturated carbocycles. The molecule has 0 atom stereocenters. The first kappa shape index (κ1) is 13.9. The van der Waals surface area contributed by atoms with E-state index in [0.29, 0.717) is 13.1 Å². The van der Waals surface area contributed by atoms with Gasteiger partial charge in [0.05, 0.1) is 11.6 Å². The van der Waals surface area contributed by atoms with Gasteiger partial charge in [0.25, 0.3) is 0 Å². The molecular weight excluding hydrogens is 356 g/mol. The third-order valence-electron chi connectivity index (χ3n) is 3.29. The van der Waals surface area contributed by atoms with Gasteiger partial charge in [-0.1, -0.05) is 0 Å². The molecule has 1 saturated heterocycles. The molecule has 0 amide bonds. The van der Waals surface area contributed by atoms with Crippen molar-refractivity contribution in [2.45, 2.75) is 25.9 Å². The van der Waals surface area contributed by atoms with Gasteiger partial charge in [-0.25, -0.2) is 4.98 Å². The van der Waals surface area contributed by atoms with Crippen LogP contribution in [0.2, 0.25) is 0 Å². The molecule has 2 heterocycles. The van der Waals surface area contributed by atoms with Gasteiger partial charge in [-0.3, -0.25) is 0 Å². The monoisotopic (exact) mass is 370 g/mol. The number of aryl methyl sites for hydroxylation is 1. The van der Waals surface area contributed by atoms with E-state index in [1.54, 1.807) is 0 Å². The van der Waals surface area contributed by atoms with Crippen LogP contribution in [0.15, 0.2) is 12.1 Å². The van der Waals surface area contributed by atoms with Crippen molar-refractivity contribution in [2.24, 2.45) is 5.92 Å². The highest BCUT2D eigenvalue weighted by Gasteiger charge is 2.41. The Morgan fingerprint density at radius 3 is 2.39 bits per heavy atom. The Kier molecular flexibility index (Phi) is 4.03. The van der Waals surface area contributed by atoms with E-state index < -0.39 is 12.1 Å². The standard InChI is InChI=1S/C12H14F3IN2/c1-8-10(16)2-3-11(17-8)18-6-4-9(5-7-18)12(13,14)15/h2-3,9H,4-7H2,1H3. The smallest absolute Gasteiger partial charge is 0.357 e. The van der Waals surface area contributed by atoms with E-state index in [0.717, 1.165) is 15.1 Å². The van der Waals surface area contributed by atoms with E-state index in [-0.39, 0.29) is 12.8 Å². The van der Waals surface area contributed by atoms with Crippen LogP contribution >= 0.6 is 22.6 Å². The van der Waals surface area contributed by atoms with E-state index in [4.69, 9.17) is 0 Å². The van der Waals surface area contributed by atoms with Gasteiger partial charge in [0.2, 0.25) is 0 Å². The van der Waals surface area contributed by atoms with Gasteiger partial charge in [0, 0.05) is 16.7 Å². The maximum atomic E-state index is 12.6. The summed E-state index contributed by atoms with van der Waals surface area (Å²) in [5, 5.41) is 0. The van der Waals surface area contributed by atoms with Crippen molar-refractivity contribution in [3.63, 3.8) is 0 Å². The largest absolute Gasteiger partial charge is 0.391 e. The zero-order valence-corrected chi connectivity index (χ0v) is 12.1. The first-order valence-corrected chi connectivity index (χ1v) is 6.90. The summed E-state index contributed by atoms with van der Waals surface area (Å²) in [6, 6.07) is 3.83. The quantitative estimate of drug-likeness (QED) is 0.700. The van der Waals surface area contributed by atoms with Crippen LogP contribution in [0.5, 0.6) is 0 Å². The predicted molar refractivity (Wildman–Crippen MR) is 72.7 cm³/mol. The van der Waals surface area contributed by atoms with Crippen LogP contribution in [0, 0.1) is 16.4 Å². The molecule has 0 aliphatic carbocycles. The lowest BCUT2D eigenvalue weighted by Crippen LogP contribution is -2.39. The van der Waals surface area contributed by atoms with Gasteiger partial charge in [0.15, 0.2) is 0 Å². The molecule has 0 aromatic carbocycles. The van der Waals surface area contributed by atoms with Gasteiger partial charge >= 0.3 is 6.18 Å². The molecule has 100 valence electrons. The summed E-state index contributed by atoms with van der Waals surface area (Å²) in [6.07, 6.45) is -3.73. The molecule has 1 aromatic heterocycles. The summed E-state index contributed by atoms with van der Waals surface area (Å²) in [4.78, 5) is 6.36. The van der Waals surface area contributed by atoms with Gasteiger partial charge in [-0.2, -0.15) is 13.2 Å². The predicted octanol–water partition coefficient (Wildman–Crippen LogP) is 3.77. The molecule has 18 heavy (non-hydrogen) atoms. The summed E-state index contributed by atoms with van der Waals surface area (Å²) in [5.74, 6) is -0.368. The highest BCUT2D eigenvalue weighted by atomic mass is 127. The molecule has 2 nitrogen and oxygen atoms in total. The maximum Gasteiger partial charge on any atom is 0.391 e. The van der Waals surface area contributed by atoms with Crippen LogP contribution in [0.3, 0.4) is 0 Å². The topological polar surface area (TPSA) is 16.1 Å². The number of alkyl halides is 3. The van der Waals surface area contributed by atoms with Crippen LogP contribution in [-0.4, -0.2) is 24.2 Å². The average Bonchev–Trinajstić information content (AvgIpc) is 2.32. The number of nitrogens with zero attached hydrogens (tertiary/aromatic N) is 2. The van der Waals surface area contributed by atoms with Crippen molar-refractivity contribution in [3.05, 3.63) is 21.4 Å². The molecule has 0 spiro atoms. The fraction of sp³-hybridized carbons (Fsp3) is 0.583. The Hall–Kier alpha value is -0.530. The second-order valence-electron chi connectivity index (χ2n) is 4.54. The van der Waals surface area contributed by atoms with E-state index in [2.05, 4.69) is 27.6 Å². The number of anilines is 1. The van der Waals surface area contributed by atoms with Crippen LogP contribution < -0.4 is 4.90 Å². The number of piperidine rings is 1. The lowest BCUT2D eigenvalue weighted by Gasteiger charge is -2.33. The molecule has 0 radical (unpaired) electrons. The minimum absolute atomic E-state index is 0.163. The zero-order chi connectivity index (χ0) is 13.3. The summed E-state index contributed by atoms with van der Waals surface area (Å²) < 4.78 is 38.7. The van der Waals surface area contributed by atoms with E-state index in [9.17, 15) is 13.2 Å². The number of hydrogen-bond donors (Lipinski definition) is 0. The van der Waals surface area contributed by atoms with Gasteiger partial charge in [-0.15, -0.1) is 0 Å². The zero-order valence-electron chi connectivity index (χ0n) is 9.97. The van der Waals surface area contributed by atoms with E-state index in [1.165, 1.54) is 0 Å². The van der Waals surface area contributed by atoms with Crippen molar-refractivity contribution in [2.75, 3.05) is 18.0 Å². The van der Waals surface area contributed by atoms with Crippen LogP contribution in [0.1, 0.15) is 18.5 Å². The van der Waals surface area contributed by atoms with Crippen LogP contribution in [0.25, 0.3) is 0 Å². The fourth-order valence-electron chi connectivity index (χ4n) is 2.14. The van der Waals surface area contributed by atoms with E-state index >= 15 is 0 Å². The van der Waals surface area contributed by atoms with Gasteiger partial charge < -0.3 is 4.90 Å². The number of hydrogen-bond acceptors (Lipinski definition) is 2. The van der Waals surface area contributed by atoms with Crippen molar-refractivity contribution >= 4 is 28.4 Å². The summed E-state index contributed by atoms with van der Waals surface area (Å²) in [5.41, 5.74) is 0.922. The molecule has 1 fully saturated rings. The molecule has 1 aliphatic rings. The third kappa shape index (κ3) is 3.07. The number of aromatic nitrogens is 1. The summed E-state index contributed by atoms with van der Waals surface area (Å²) in [7, 11) is 0. The number of rotatable bonds is 1. The Labute approximate surface area is 118 Å². The highest BCUT2D eigenvalue weighted by molar-refractivity contribution is 14.1. The van der Waals surface area contributed by atoms with E-state index in [1.807, 2.05) is 24.0 Å². The SMILES string of the molecule is Cc1nc(N2CCC(C(F)(F)F)CC2)ccc1I. The summed E-state index contributed by atoms with van der Waals surface area (Å²) in [6.45, 7) is 2.77. The molecule has 0 unspecified atom stereocenters. The van der Waals surface area contributed by atoms with Gasteiger partial charge in [0.1, 0.15) is 5.82 Å². The van der Waals surface area contributed by atoms with Crippen LogP contribution in [-0.2, 0) is 0 Å². The summed E-state index contributed by atoms with van der Waals surface area (Å²) >= 11 is 2.20. The lowest BCUT2D eigenvalue weighted by molar-refractivity contribution is -0.179. The molecule has 2 rings (SSSR count). The fourth-order valence-corrected chi connectivity index (χ4v) is 2.44. The molecule has 6 heteroatoms. The Morgan fingerprint density at radius 2 is 1.89 bits per heavy atom. The van der Waals surface area contributed by atoms with Crippen molar-refractivity contribution < 1.29 is 13.2 Å². The van der Waals surface area contributed by atoms with Crippen molar-refractivity contribution in [3.8, 4) is 0 Å². The van der Waals surface area contributed by atoms with Gasteiger partial charge in [-0.05, 0) is 54.5 Å². The normalized spacial score (nSPS) is 18.2. The molecule has 0 N–H and O–H groups in total. The first-order chi connectivity index (χ1) is 8.38. The Morgan fingerprint density at radius 1 is 1.28 bits per heavy atom. The van der Waals surface area contributed by atoms with Crippen molar-refractivity contribution in [1.29, 1.82) is 0 Å². The highest BCUT2D eigenvalue weighted by Crippen LogP contribution is 2.35. The third-order valence-corrected chi connectivity index (χ3v) is 4.43. The van der Waals surface area contributed by atoms with Crippen molar-refractivity contribution in [1.82, 2.24) is 4.98 Å². The molecule has 1 aromatic rings. The average molecular weight is 370 g/mol. The molecule has 0 bridgehead atoms. The minimum Gasteiger partial charge on any atom is -0.357 e. The second-order valence-corrected chi connectivity index (χ2v) is 5.70. The molecule has 1 aliphatic heterocycles. The maximum absolute atomic E-state index is 12.6. The number of halogens is 4. The molecular formula is C12H14F3IN2.